The molecule has 0 saturated carbocycles. The molecule has 2 aromatic carbocycles. The molecule has 0 saturated heterocycles. The van der Waals surface area contributed by atoms with Crippen molar-refractivity contribution in [2.45, 2.75) is 26.2 Å². The maximum Gasteiger partial charge on any atom is 0.244 e. The summed E-state index contributed by atoms with van der Waals surface area (Å²) in [5.41, 5.74) is 2.21. The summed E-state index contributed by atoms with van der Waals surface area (Å²) in [5.74, 6) is -0.767. The van der Waals surface area contributed by atoms with Crippen molar-refractivity contribution in [3.8, 4) is 0 Å². The number of para-hydroxylation sites is 1. The van der Waals surface area contributed by atoms with Gasteiger partial charge in [0.25, 0.3) is 0 Å². The van der Waals surface area contributed by atoms with Crippen molar-refractivity contribution in [3.63, 3.8) is 0 Å². The number of aryl methyl sites for hydroxylation is 1. The maximum absolute atomic E-state index is 13.1. The lowest BCUT2D eigenvalue weighted by Gasteiger charge is -2.20. The Balaban J connectivity index is 1.81. The average molecular weight is 326 g/mol. The molecule has 0 spiro atoms. The fourth-order valence-electron chi connectivity index (χ4n) is 3.06. The Bertz CT molecular complexity index is 830. The number of rotatable bonds is 3. The number of nitrogens with one attached hydrogen (secondary N) is 1. The molecule has 0 unspecified atom stereocenters. The van der Waals surface area contributed by atoms with E-state index < -0.39 is 5.41 Å². The normalized spacial score (nSPS) is 15.3. The van der Waals surface area contributed by atoms with E-state index in [-0.39, 0.29) is 24.2 Å². The smallest absolute Gasteiger partial charge is 0.244 e. The summed E-state index contributed by atoms with van der Waals surface area (Å²) in [7, 11) is 0. The minimum atomic E-state index is -0.650. The first kappa shape index (κ1) is 16.2. The van der Waals surface area contributed by atoms with E-state index in [0.717, 1.165) is 11.3 Å². The standard InChI is InChI=1S/C19H19FN2O2/c1-12-10-13(20)8-9-15(12)21-17(23)11-22-16-7-5-4-6-14(16)19(2,3)18(22)24/h4-10H,11H2,1-3H3,(H,21,23). The van der Waals surface area contributed by atoms with E-state index in [9.17, 15) is 14.0 Å². The third-order valence-electron chi connectivity index (χ3n) is 4.41. The fraction of sp³-hybridized carbons (Fsp3) is 0.263. The molecule has 2 amide bonds. The Labute approximate surface area is 140 Å². The van der Waals surface area contributed by atoms with Gasteiger partial charge < -0.3 is 10.2 Å². The molecule has 5 heteroatoms. The van der Waals surface area contributed by atoms with Crippen molar-refractivity contribution < 1.29 is 14.0 Å². The van der Waals surface area contributed by atoms with Crippen LogP contribution in [-0.2, 0) is 15.0 Å². The van der Waals surface area contributed by atoms with Gasteiger partial charge in [0.15, 0.2) is 0 Å². The maximum atomic E-state index is 13.1. The van der Waals surface area contributed by atoms with Gasteiger partial charge in [-0.3, -0.25) is 9.59 Å². The summed E-state index contributed by atoms with van der Waals surface area (Å²) in [6.45, 7) is 5.36. The Morgan fingerprint density at radius 1 is 1.21 bits per heavy atom. The third-order valence-corrected chi connectivity index (χ3v) is 4.41. The van der Waals surface area contributed by atoms with E-state index in [2.05, 4.69) is 5.32 Å². The first-order valence-electron chi connectivity index (χ1n) is 7.78. The molecule has 4 nitrogen and oxygen atoms in total. The molecule has 2 aromatic rings. The Morgan fingerprint density at radius 2 is 1.92 bits per heavy atom. The highest BCUT2D eigenvalue weighted by Gasteiger charge is 2.44. The van der Waals surface area contributed by atoms with Crippen LogP contribution in [-0.4, -0.2) is 18.4 Å². The number of fused-ring (bicyclic) bond motifs is 1. The molecular formula is C19H19FN2O2. The van der Waals surface area contributed by atoms with E-state index >= 15 is 0 Å². The second-order valence-electron chi connectivity index (χ2n) is 6.54. The number of carbonyl (C=O) groups is 2. The number of benzene rings is 2. The monoisotopic (exact) mass is 326 g/mol. The zero-order valence-corrected chi connectivity index (χ0v) is 13.9. The summed E-state index contributed by atoms with van der Waals surface area (Å²) >= 11 is 0. The van der Waals surface area contributed by atoms with Crippen LogP contribution in [0.1, 0.15) is 25.0 Å². The predicted octanol–water partition coefficient (Wildman–Crippen LogP) is 3.40. The molecule has 1 aliphatic heterocycles. The van der Waals surface area contributed by atoms with Crippen LogP contribution < -0.4 is 10.2 Å². The molecule has 124 valence electrons. The zero-order chi connectivity index (χ0) is 17.5. The van der Waals surface area contributed by atoms with Crippen molar-refractivity contribution >= 4 is 23.2 Å². The number of nitrogens with zero attached hydrogens (tertiary/aromatic N) is 1. The second kappa shape index (κ2) is 5.74. The van der Waals surface area contributed by atoms with E-state index in [4.69, 9.17) is 0 Å². The highest BCUT2D eigenvalue weighted by molar-refractivity contribution is 6.11. The van der Waals surface area contributed by atoms with Gasteiger partial charge in [-0.15, -0.1) is 0 Å². The van der Waals surface area contributed by atoms with Crippen molar-refractivity contribution in [3.05, 3.63) is 59.4 Å². The minimum absolute atomic E-state index is 0.0733. The molecular weight excluding hydrogens is 307 g/mol. The van der Waals surface area contributed by atoms with E-state index in [1.165, 1.54) is 23.1 Å². The van der Waals surface area contributed by atoms with Gasteiger partial charge in [-0.05, 0) is 56.2 Å². The first-order valence-corrected chi connectivity index (χ1v) is 7.78. The highest BCUT2D eigenvalue weighted by atomic mass is 19.1. The molecule has 0 bridgehead atoms. The molecule has 0 aliphatic carbocycles. The number of carbonyl (C=O) groups excluding carboxylic acids is 2. The second-order valence-corrected chi connectivity index (χ2v) is 6.54. The molecule has 0 fully saturated rings. The molecule has 24 heavy (non-hydrogen) atoms. The number of halogens is 1. The Morgan fingerprint density at radius 3 is 2.62 bits per heavy atom. The molecule has 0 atom stereocenters. The quantitative estimate of drug-likeness (QED) is 0.940. The minimum Gasteiger partial charge on any atom is -0.324 e. The van der Waals surface area contributed by atoms with Crippen molar-refractivity contribution in [1.82, 2.24) is 0 Å². The molecule has 3 rings (SSSR count). The van der Waals surface area contributed by atoms with Crippen molar-refractivity contribution in [2.24, 2.45) is 0 Å². The molecule has 1 aliphatic rings. The van der Waals surface area contributed by atoms with E-state index in [1.54, 1.807) is 6.92 Å². The molecule has 1 N–H and O–H groups in total. The summed E-state index contributed by atoms with van der Waals surface area (Å²) in [4.78, 5) is 26.6. The number of anilines is 2. The van der Waals surface area contributed by atoms with Gasteiger partial charge in [0.05, 0.1) is 5.41 Å². The van der Waals surface area contributed by atoms with Gasteiger partial charge in [0.2, 0.25) is 11.8 Å². The van der Waals surface area contributed by atoms with Crippen LogP contribution in [0.2, 0.25) is 0 Å². The number of hydrogen-bond donors (Lipinski definition) is 1. The van der Waals surface area contributed by atoms with E-state index in [0.29, 0.717) is 11.3 Å². The van der Waals surface area contributed by atoms with Crippen molar-refractivity contribution in [2.75, 3.05) is 16.8 Å². The van der Waals surface area contributed by atoms with Crippen LogP contribution in [0.5, 0.6) is 0 Å². The lowest BCUT2D eigenvalue weighted by Crippen LogP contribution is -2.40. The Hall–Kier alpha value is -2.69. The van der Waals surface area contributed by atoms with Crippen LogP contribution in [0.25, 0.3) is 0 Å². The van der Waals surface area contributed by atoms with Gasteiger partial charge in [0, 0.05) is 11.4 Å². The van der Waals surface area contributed by atoms with Crippen LogP contribution in [0, 0.1) is 12.7 Å². The number of hydrogen-bond acceptors (Lipinski definition) is 2. The van der Waals surface area contributed by atoms with Gasteiger partial charge in [-0.1, -0.05) is 18.2 Å². The first-order chi connectivity index (χ1) is 11.3. The fourth-order valence-corrected chi connectivity index (χ4v) is 3.06. The van der Waals surface area contributed by atoms with Gasteiger partial charge >= 0.3 is 0 Å². The average Bonchev–Trinajstić information content (AvgIpc) is 2.72. The third kappa shape index (κ3) is 2.66. The topological polar surface area (TPSA) is 49.4 Å². The summed E-state index contributed by atoms with van der Waals surface area (Å²) in [5, 5.41) is 2.74. The van der Waals surface area contributed by atoms with Gasteiger partial charge in [0.1, 0.15) is 12.4 Å². The summed E-state index contributed by atoms with van der Waals surface area (Å²) in [6.07, 6.45) is 0. The highest BCUT2D eigenvalue weighted by Crippen LogP contribution is 2.41. The zero-order valence-electron chi connectivity index (χ0n) is 13.9. The summed E-state index contributed by atoms with van der Waals surface area (Å²) < 4.78 is 13.1. The molecule has 0 radical (unpaired) electrons. The predicted molar refractivity (Wildman–Crippen MR) is 91.6 cm³/mol. The largest absolute Gasteiger partial charge is 0.324 e. The lowest BCUT2D eigenvalue weighted by atomic mass is 9.86. The van der Waals surface area contributed by atoms with Crippen molar-refractivity contribution in [1.29, 1.82) is 0 Å². The van der Waals surface area contributed by atoms with Crippen LogP contribution in [0.15, 0.2) is 42.5 Å². The van der Waals surface area contributed by atoms with Gasteiger partial charge in [-0.2, -0.15) is 0 Å². The number of amides is 2. The lowest BCUT2D eigenvalue weighted by molar-refractivity contribution is -0.124. The van der Waals surface area contributed by atoms with E-state index in [1.807, 2.05) is 38.1 Å². The van der Waals surface area contributed by atoms with Gasteiger partial charge in [-0.25, -0.2) is 4.39 Å². The molecule has 0 aromatic heterocycles. The molecule has 1 heterocycles. The van der Waals surface area contributed by atoms with Crippen LogP contribution in [0.4, 0.5) is 15.8 Å². The summed E-state index contributed by atoms with van der Waals surface area (Å²) in [6, 6.07) is 11.7. The van der Waals surface area contributed by atoms with Crippen LogP contribution in [0.3, 0.4) is 0 Å². The van der Waals surface area contributed by atoms with Crippen LogP contribution >= 0.6 is 0 Å². The Kier molecular flexibility index (Phi) is 3.87. The SMILES string of the molecule is Cc1cc(F)ccc1NC(=O)CN1C(=O)C(C)(C)c2ccccc21.